The molecule has 3 rings (SSSR count). The number of hydrogen-bond acceptors (Lipinski definition) is 5. The number of benzene rings is 2. The second-order valence-electron chi connectivity index (χ2n) is 7.49. The molecule has 9 heteroatoms. The standard InChI is InChI=1S/C25H24F3NO5/c1-15-22(24(31)34-4)18(14-17-7-5-6-8-19(17)25(26,27)28)23(30)29(15)12-11-16-9-10-20(32-2)21(13-16)33-3/h5-10,13-14H,11-12H2,1-4H3/b18-14-. The molecule has 1 heterocycles. The fraction of sp³-hybridized carbons (Fsp3) is 0.280. The molecule has 0 fully saturated rings. The summed E-state index contributed by atoms with van der Waals surface area (Å²) in [6.45, 7) is 1.76. The van der Waals surface area contributed by atoms with Crippen LogP contribution >= 0.6 is 0 Å². The van der Waals surface area contributed by atoms with Crippen LogP contribution in [0.25, 0.3) is 6.08 Å². The molecule has 34 heavy (non-hydrogen) atoms. The number of carbonyl (C=O) groups is 2. The van der Waals surface area contributed by atoms with Gasteiger partial charge in [-0.25, -0.2) is 4.79 Å². The predicted octanol–water partition coefficient (Wildman–Crippen LogP) is 4.64. The number of rotatable bonds is 7. The molecule has 1 aliphatic rings. The molecule has 0 N–H and O–H groups in total. The molecule has 0 unspecified atom stereocenters. The molecular formula is C25H24F3NO5. The fourth-order valence-electron chi connectivity index (χ4n) is 3.81. The minimum absolute atomic E-state index is 0.0585. The lowest BCUT2D eigenvalue weighted by molar-refractivity contribution is -0.138. The van der Waals surface area contributed by atoms with Gasteiger partial charge in [0.25, 0.3) is 5.91 Å². The van der Waals surface area contributed by atoms with Crippen LogP contribution in [-0.4, -0.2) is 44.7 Å². The third-order valence-electron chi connectivity index (χ3n) is 5.54. The summed E-state index contributed by atoms with van der Waals surface area (Å²) in [7, 11) is 4.19. The number of amides is 1. The van der Waals surface area contributed by atoms with Crippen molar-refractivity contribution in [2.24, 2.45) is 0 Å². The van der Waals surface area contributed by atoms with Gasteiger partial charge in [0.05, 0.1) is 38.0 Å². The van der Waals surface area contributed by atoms with Gasteiger partial charge in [0, 0.05) is 12.2 Å². The molecule has 1 aliphatic heterocycles. The summed E-state index contributed by atoms with van der Waals surface area (Å²) >= 11 is 0. The number of esters is 1. The van der Waals surface area contributed by atoms with Gasteiger partial charge >= 0.3 is 12.1 Å². The van der Waals surface area contributed by atoms with Crippen LogP contribution < -0.4 is 9.47 Å². The number of carbonyl (C=O) groups excluding carboxylic acids is 2. The number of hydrogen-bond donors (Lipinski definition) is 0. The van der Waals surface area contributed by atoms with E-state index in [-0.39, 0.29) is 23.3 Å². The number of methoxy groups -OCH3 is 3. The maximum Gasteiger partial charge on any atom is 0.416 e. The van der Waals surface area contributed by atoms with Gasteiger partial charge in [0.2, 0.25) is 0 Å². The smallest absolute Gasteiger partial charge is 0.416 e. The summed E-state index contributed by atoms with van der Waals surface area (Å²) < 4.78 is 55.8. The second kappa shape index (κ2) is 10.0. The third kappa shape index (κ3) is 4.93. The molecule has 0 saturated carbocycles. The monoisotopic (exact) mass is 475 g/mol. The van der Waals surface area contributed by atoms with Crippen molar-refractivity contribution in [3.63, 3.8) is 0 Å². The molecule has 0 bridgehead atoms. The predicted molar refractivity (Wildman–Crippen MR) is 119 cm³/mol. The number of halogens is 3. The molecule has 6 nitrogen and oxygen atoms in total. The summed E-state index contributed by atoms with van der Waals surface area (Å²) in [6.07, 6.45) is -3.12. The lowest BCUT2D eigenvalue weighted by Gasteiger charge is -2.18. The van der Waals surface area contributed by atoms with Crippen LogP contribution in [0, 0.1) is 0 Å². The van der Waals surface area contributed by atoms with E-state index < -0.39 is 23.6 Å². The van der Waals surface area contributed by atoms with E-state index >= 15 is 0 Å². The molecule has 1 amide bonds. The first-order valence-corrected chi connectivity index (χ1v) is 10.3. The quantitative estimate of drug-likeness (QED) is 0.431. The largest absolute Gasteiger partial charge is 0.493 e. The van der Waals surface area contributed by atoms with Crippen LogP contribution in [0.5, 0.6) is 11.5 Å². The highest BCUT2D eigenvalue weighted by molar-refractivity contribution is 6.16. The van der Waals surface area contributed by atoms with Crippen LogP contribution in [0.4, 0.5) is 13.2 Å². The Morgan fingerprint density at radius 2 is 1.71 bits per heavy atom. The highest BCUT2D eigenvalue weighted by atomic mass is 19.4. The van der Waals surface area contributed by atoms with Gasteiger partial charge in [-0.15, -0.1) is 0 Å². The van der Waals surface area contributed by atoms with Gasteiger partial charge in [0.1, 0.15) is 0 Å². The number of alkyl halides is 3. The van der Waals surface area contributed by atoms with Crippen molar-refractivity contribution >= 4 is 18.0 Å². The Labute approximate surface area is 195 Å². The Morgan fingerprint density at radius 1 is 1.03 bits per heavy atom. The zero-order chi connectivity index (χ0) is 25.0. The van der Waals surface area contributed by atoms with Gasteiger partial charge in [-0.05, 0) is 48.7 Å². The minimum atomic E-state index is -4.62. The molecule has 0 saturated heterocycles. The van der Waals surface area contributed by atoms with Crippen molar-refractivity contribution < 1.29 is 37.0 Å². The van der Waals surface area contributed by atoms with E-state index in [4.69, 9.17) is 14.2 Å². The average Bonchev–Trinajstić information content (AvgIpc) is 3.05. The van der Waals surface area contributed by atoms with Crippen LogP contribution in [0.1, 0.15) is 23.6 Å². The van der Waals surface area contributed by atoms with Crippen molar-refractivity contribution in [3.8, 4) is 11.5 Å². The summed E-state index contributed by atoms with van der Waals surface area (Å²) in [4.78, 5) is 27.1. The van der Waals surface area contributed by atoms with E-state index in [1.807, 2.05) is 6.07 Å². The lowest BCUT2D eigenvalue weighted by atomic mass is 10.00. The summed E-state index contributed by atoms with van der Waals surface area (Å²) in [6, 6.07) is 10.2. The third-order valence-corrected chi connectivity index (χ3v) is 5.54. The zero-order valence-corrected chi connectivity index (χ0v) is 19.2. The molecule has 0 spiro atoms. The number of nitrogens with zero attached hydrogens (tertiary/aromatic N) is 1. The molecular weight excluding hydrogens is 451 g/mol. The van der Waals surface area contributed by atoms with E-state index in [1.165, 1.54) is 37.3 Å². The van der Waals surface area contributed by atoms with Gasteiger partial charge in [-0.1, -0.05) is 24.3 Å². The van der Waals surface area contributed by atoms with Gasteiger partial charge in [-0.2, -0.15) is 13.2 Å². The maximum absolute atomic E-state index is 13.5. The van der Waals surface area contributed by atoms with Crippen LogP contribution in [-0.2, 0) is 26.9 Å². The Bertz CT molecular complexity index is 1170. The van der Waals surface area contributed by atoms with Crippen LogP contribution in [0.15, 0.2) is 59.3 Å². The van der Waals surface area contributed by atoms with Crippen molar-refractivity contribution in [1.82, 2.24) is 4.90 Å². The Kier molecular flexibility index (Phi) is 7.34. The van der Waals surface area contributed by atoms with E-state index in [0.717, 1.165) is 24.8 Å². The normalized spacial score (nSPS) is 15.2. The van der Waals surface area contributed by atoms with Crippen molar-refractivity contribution in [2.45, 2.75) is 19.5 Å². The molecule has 2 aromatic rings. The molecule has 2 aromatic carbocycles. The second-order valence-corrected chi connectivity index (χ2v) is 7.49. The first-order valence-electron chi connectivity index (χ1n) is 10.3. The molecule has 180 valence electrons. The van der Waals surface area contributed by atoms with Crippen LogP contribution in [0.2, 0.25) is 0 Å². The van der Waals surface area contributed by atoms with E-state index in [2.05, 4.69) is 0 Å². The number of allylic oxidation sites excluding steroid dienone is 1. The first kappa shape index (κ1) is 24.9. The molecule has 0 aromatic heterocycles. The molecule has 0 atom stereocenters. The van der Waals surface area contributed by atoms with E-state index in [1.54, 1.807) is 19.1 Å². The summed E-state index contributed by atoms with van der Waals surface area (Å²) in [5.41, 5.74) is -0.161. The summed E-state index contributed by atoms with van der Waals surface area (Å²) in [5, 5.41) is 0. The van der Waals surface area contributed by atoms with E-state index in [9.17, 15) is 22.8 Å². The van der Waals surface area contributed by atoms with Crippen LogP contribution in [0.3, 0.4) is 0 Å². The highest BCUT2D eigenvalue weighted by Crippen LogP contribution is 2.36. The minimum Gasteiger partial charge on any atom is -0.493 e. The highest BCUT2D eigenvalue weighted by Gasteiger charge is 2.38. The number of ether oxygens (including phenoxy) is 3. The maximum atomic E-state index is 13.5. The van der Waals surface area contributed by atoms with Crippen molar-refractivity contribution in [1.29, 1.82) is 0 Å². The van der Waals surface area contributed by atoms with Gasteiger partial charge in [0.15, 0.2) is 11.5 Å². The van der Waals surface area contributed by atoms with Gasteiger partial charge in [-0.3, -0.25) is 4.79 Å². The Balaban J connectivity index is 1.97. The zero-order valence-electron chi connectivity index (χ0n) is 19.2. The summed E-state index contributed by atoms with van der Waals surface area (Å²) in [5.74, 6) is -0.286. The van der Waals surface area contributed by atoms with Crippen molar-refractivity contribution in [2.75, 3.05) is 27.9 Å². The molecule has 0 radical (unpaired) electrons. The SMILES string of the molecule is COC(=O)C1=C(C)N(CCc2ccc(OC)c(OC)c2)C(=O)/C1=C\c1ccccc1C(F)(F)F. The Hall–Kier alpha value is -3.75. The Morgan fingerprint density at radius 3 is 2.32 bits per heavy atom. The lowest BCUT2D eigenvalue weighted by Crippen LogP contribution is -2.27. The van der Waals surface area contributed by atoms with Gasteiger partial charge < -0.3 is 19.1 Å². The topological polar surface area (TPSA) is 65.1 Å². The first-order chi connectivity index (χ1) is 16.1. The fourth-order valence-corrected chi connectivity index (χ4v) is 3.81. The average molecular weight is 475 g/mol. The molecule has 0 aliphatic carbocycles. The van der Waals surface area contributed by atoms with Crippen molar-refractivity contribution in [3.05, 3.63) is 76.0 Å². The van der Waals surface area contributed by atoms with E-state index in [0.29, 0.717) is 23.6 Å².